The van der Waals surface area contributed by atoms with Crippen molar-refractivity contribution in [2.45, 2.75) is 0 Å². The molecule has 1 heterocycles. The number of phenols is 1. The monoisotopic (exact) mass is 475 g/mol. The van der Waals surface area contributed by atoms with E-state index in [1.165, 1.54) is 19.3 Å². The highest BCUT2D eigenvalue weighted by Gasteiger charge is 2.08. The Kier molecular flexibility index (Phi) is 5.95. The smallest absolute Gasteiger partial charge is 0.185 e. The predicted octanol–water partition coefficient (Wildman–Crippen LogP) is 5.31. The first-order valence-corrected chi connectivity index (χ1v) is 10.2. The lowest BCUT2D eigenvalue weighted by atomic mass is 10.1. The zero-order valence-electron chi connectivity index (χ0n) is 16.6. The first-order valence-electron chi connectivity index (χ1n) is 9.41. The summed E-state index contributed by atoms with van der Waals surface area (Å²) in [7, 11) is 1.48. The second kappa shape index (κ2) is 8.97. The Morgan fingerprint density at radius 3 is 2.68 bits per heavy atom. The van der Waals surface area contributed by atoms with Gasteiger partial charge in [0, 0.05) is 15.6 Å². The van der Waals surface area contributed by atoms with Crippen molar-refractivity contribution < 1.29 is 14.6 Å². The number of allylic oxidation sites excluding steroid dienone is 1. The van der Waals surface area contributed by atoms with Gasteiger partial charge in [0.15, 0.2) is 17.3 Å². The quantitative estimate of drug-likeness (QED) is 0.302. The molecule has 6 nitrogen and oxygen atoms in total. The van der Waals surface area contributed by atoms with Gasteiger partial charge in [0.05, 0.1) is 19.0 Å². The first-order chi connectivity index (χ1) is 15.0. The highest BCUT2D eigenvalue weighted by atomic mass is 79.9. The van der Waals surface area contributed by atoms with Gasteiger partial charge in [-0.2, -0.15) is 0 Å². The fourth-order valence-electron chi connectivity index (χ4n) is 3.01. The van der Waals surface area contributed by atoms with Crippen molar-refractivity contribution in [2.24, 2.45) is 0 Å². The molecule has 4 aromatic rings. The molecule has 0 saturated heterocycles. The number of carbonyl (C=O) groups is 1. The van der Waals surface area contributed by atoms with Gasteiger partial charge in [-0.15, -0.1) is 5.10 Å². The van der Waals surface area contributed by atoms with Crippen molar-refractivity contribution in [1.29, 1.82) is 0 Å². The standard InChI is InChI=1S/C24H18BrN3O3/c1-31-24-13-16(6-12-23(24)30)5-11-22(29)18-3-2-4-20(14-18)28-15-21(26-27-28)17-7-9-19(25)10-8-17/h2-15,30H,1H3/b11-5+. The van der Waals surface area contributed by atoms with E-state index in [2.05, 4.69) is 26.2 Å². The SMILES string of the molecule is COc1cc(/C=C/C(=O)c2cccc(-n3cc(-c4ccc(Br)cc4)nn3)c2)ccc1O. The molecule has 154 valence electrons. The summed E-state index contributed by atoms with van der Waals surface area (Å²) in [5, 5.41) is 18.1. The van der Waals surface area contributed by atoms with Gasteiger partial charge in [0.2, 0.25) is 0 Å². The van der Waals surface area contributed by atoms with E-state index in [1.54, 1.807) is 41.1 Å². The molecule has 0 atom stereocenters. The fourth-order valence-corrected chi connectivity index (χ4v) is 3.27. The molecule has 31 heavy (non-hydrogen) atoms. The maximum atomic E-state index is 12.7. The number of nitrogens with zero attached hydrogens (tertiary/aromatic N) is 3. The van der Waals surface area contributed by atoms with Crippen molar-refractivity contribution in [3.05, 3.63) is 94.6 Å². The van der Waals surface area contributed by atoms with Crippen LogP contribution >= 0.6 is 15.9 Å². The summed E-state index contributed by atoms with van der Waals surface area (Å²) < 4.78 is 7.73. The average molecular weight is 476 g/mol. The third kappa shape index (κ3) is 4.73. The Morgan fingerprint density at radius 2 is 1.90 bits per heavy atom. The number of aromatic hydroxyl groups is 1. The molecule has 0 unspecified atom stereocenters. The minimum Gasteiger partial charge on any atom is -0.504 e. The van der Waals surface area contributed by atoms with E-state index in [-0.39, 0.29) is 11.5 Å². The number of rotatable bonds is 6. The van der Waals surface area contributed by atoms with E-state index < -0.39 is 0 Å². The molecule has 3 aromatic carbocycles. The molecule has 0 aliphatic rings. The number of hydrogen-bond donors (Lipinski definition) is 1. The van der Waals surface area contributed by atoms with Crippen LogP contribution in [0, 0.1) is 0 Å². The Morgan fingerprint density at radius 1 is 1.10 bits per heavy atom. The van der Waals surface area contributed by atoms with Gasteiger partial charge in [0.1, 0.15) is 5.69 Å². The molecule has 1 aromatic heterocycles. The summed E-state index contributed by atoms with van der Waals surface area (Å²) in [5.74, 6) is 0.250. The Hall–Kier alpha value is -3.71. The van der Waals surface area contributed by atoms with Gasteiger partial charge in [-0.25, -0.2) is 4.68 Å². The van der Waals surface area contributed by atoms with Gasteiger partial charge in [-0.1, -0.05) is 57.6 Å². The highest BCUT2D eigenvalue weighted by Crippen LogP contribution is 2.27. The van der Waals surface area contributed by atoms with Crippen LogP contribution < -0.4 is 4.74 Å². The van der Waals surface area contributed by atoms with Crippen molar-refractivity contribution in [3.8, 4) is 28.4 Å². The number of ketones is 1. The van der Waals surface area contributed by atoms with Crippen molar-refractivity contribution >= 4 is 27.8 Å². The van der Waals surface area contributed by atoms with Gasteiger partial charge in [-0.3, -0.25) is 4.79 Å². The molecule has 0 spiro atoms. The van der Waals surface area contributed by atoms with Crippen LogP contribution in [0.25, 0.3) is 23.0 Å². The van der Waals surface area contributed by atoms with E-state index in [1.807, 2.05) is 36.5 Å². The number of benzene rings is 3. The Balaban J connectivity index is 1.54. The largest absolute Gasteiger partial charge is 0.504 e. The second-order valence-electron chi connectivity index (χ2n) is 6.73. The van der Waals surface area contributed by atoms with Gasteiger partial charge < -0.3 is 9.84 Å². The minimum atomic E-state index is -0.151. The minimum absolute atomic E-state index is 0.0500. The summed E-state index contributed by atoms with van der Waals surface area (Å²) in [6.07, 6.45) is 4.99. The van der Waals surface area contributed by atoms with Gasteiger partial charge in [0.25, 0.3) is 0 Å². The van der Waals surface area contributed by atoms with Crippen LogP contribution in [-0.2, 0) is 0 Å². The van der Waals surface area contributed by atoms with Gasteiger partial charge in [-0.05, 0) is 48.0 Å². The number of ether oxygens (including phenoxy) is 1. The Labute approximate surface area is 187 Å². The summed E-state index contributed by atoms with van der Waals surface area (Å²) >= 11 is 3.42. The third-order valence-corrected chi connectivity index (χ3v) is 5.19. The van der Waals surface area contributed by atoms with E-state index >= 15 is 0 Å². The van der Waals surface area contributed by atoms with Crippen molar-refractivity contribution in [1.82, 2.24) is 15.0 Å². The molecule has 0 radical (unpaired) electrons. The number of halogens is 1. The number of hydrogen-bond acceptors (Lipinski definition) is 5. The van der Waals surface area contributed by atoms with Crippen molar-refractivity contribution in [3.63, 3.8) is 0 Å². The van der Waals surface area contributed by atoms with Crippen LogP contribution in [-0.4, -0.2) is 33.0 Å². The number of aromatic nitrogens is 3. The lowest BCUT2D eigenvalue weighted by Crippen LogP contribution is -1.99. The third-order valence-electron chi connectivity index (χ3n) is 4.66. The molecule has 0 aliphatic carbocycles. The summed E-state index contributed by atoms with van der Waals surface area (Å²) in [5.41, 5.74) is 3.70. The maximum absolute atomic E-state index is 12.7. The van der Waals surface area contributed by atoms with Crippen LogP contribution in [0.3, 0.4) is 0 Å². The van der Waals surface area contributed by atoms with E-state index in [4.69, 9.17) is 4.74 Å². The van der Waals surface area contributed by atoms with E-state index in [0.717, 1.165) is 27.0 Å². The predicted molar refractivity (Wildman–Crippen MR) is 123 cm³/mol. The molecule has 0 aliphatic heterocycles. The van der Waals surface area contributed by atoms with E-state index in [0.29, 0.717) is 11.3 Å². The highest BCUT2D eigenvalue weighted by molar-refractivity contribution is 9.10. The molecular weight excluding hydrogens is 458 g/mol. The number of phenolic OH excluding ortho intramolecular Hbond substituents is 1. The first kappa shape index (κ1) is 20.6. The van der Waals surface area contributed by atoms with Crippen molar-refractivity contribution in [2.75, 3.05) is 7.11 Å². The lowest BCUT2D eigenvalue weighted by Gasteiger charge is -2.04. The van der Waals surface area contributed by atoms with Crippen LogP contribution in [0.5, 0.6) is 11.5 Å². The summed E-state index contributed by atoms with van der Waals surface area (Å²) in [6, 6.07) is 19.9. The molecule has 0 bridgehead atoms. The molecular formula is C24H18BrN3O3. The molecule has 0 fully saturated rings. The zero-order chi connectivity index (χ0) is 21.8. The fraction of sp³-hybridized carbons (Fsp3) is 0.0417. The summed E-state index contributed by atoms with van der Waals surface area (Å²) in [4.78, 5) is 12.7. The average Bonchev–Trinajstić information content (AvgIpc) is 3.29. The lowest BCUT2D eigenvalue weighted by molar-refractivity contribution is 0.104. The Bertz CT molecular complexity index is 1260. The van der Waals surface area contributed by atoms with Crippen LogP contribution in [0.4, 0.5) is 0 Å². The van der Waals surface area contributed by atoms with Crippen LogP contribution in [0.1, 0.15) is 15.9 Å². The number of carbonyl (C=O) groups excluding carboxylic acids is 1. The normalized spacial score (nSPS) is 11.0. The zero-order valence-corrected chi connectivity index (χ0v) is 18.2. The van der Waals surface area contributed by atoms with E-state index in [9.17, 15) is 9.90 Å². The molecule has 0 saturated carbocycles. The molecule has 4 rings (SSSR count). The summed E-state index contributed by atoms with van der Waals surface area (Å²) in [6.45, 7) is 0. The molecule has 1 N–H and O–H groups in total. The van der Waals surface area contributed by atoms with Crippen LogP contribution in [0.15, 0.2) is 83.5 Å². The topological polar surface area (TPSA) is 77.2 Å². The van der Waals surface area contributed by atoms with Crippen LogP contribution in [0.2, 0.25) is 0 Å². The van der Waals surface area contributed by atoms with Gasteiger partial charge >= 0.3 is 0 Å². The maximum Gasteiger partial charge on any atom is 0.185 e. The molecule has 7 heteroatoms. The molecule has 0 amide bonds. The second-order valence-corrected chi connectivity index (χ2v) is 7.65. The number of methoxy groups -OCH3 is 1.